The standard InChI is InChI=1S/C18H17F5N2OS/c1-25(10-12-6-8-13(9-7-12)18(21,22)23)11-16(26)24-14-4-2-3-5-15(14)27-17(19)20/h2-9,17H,10-11H2,1H3,(H,24,26). The van der Waals surface area contributed by atoms with Crippen molar-refractivity contribution in [3.8, 4) is 0 Å². The molecule has 0 radical (unpaired) electrons. The molecule has 1 N–H and O–H groups in total. The molecule has 0 fully saturated rings. The zero-order valence-electron chi connectivity index (χ0n) is 14.3. The van der Waals surface area contributed by atoms with Crippen LogP contribution in [0.4, 0.5) is 27.6 Å². The van der Waals surface area contributed by atoms with Gasteiger partial charge in [-0.3, -0.25) is 9.69 Å². The van der Waals surface area contributed by atoms with Crippen molar-refractivity contribution >= 4 is 23.4 Å². The summed E-state index contributed by atoms with van der Waals surface area (Å²) in [6.07, 6.45) is -4.39. The van der Waals surface area contributed by atoms with Crippen LogP contribution in [0.2, 0.25) is 0 Å². The molecule has 2 aromatic carbocycles. The summed E-state index contributed by atoms with van der Waals surface area (Å²) in [4.78, 5) is 14.0. The second-order valence-electron chi connectivity index (χ2n) is 5.79. The molecule has 0 aliphatic rings. The maximum Gasteiger partial charge on any atom is 0.416 e. The zero-order valence-corrected chi connectivity index (χ0v) is 15.1. The van der Waals surface area contributed by atoms with E-state index in [-0.39, 0.29) is 23.7 Å². The van der Waals surface area contributed by atoms with E-state index in [1.165, 1.54) is 24.3 Å². The van der Waals surface area contributed by atoms with Gasteiger partial charge in [-0.25, -0.2) is 0 Å². The van der Waals surface area contributed by atoms with Crippen molar-refractivity contribution in [2.75, 3.05) is 18.9 Å². The molecule has 9 heteroatoms. The van der Waals surface area contributed by atoms with Crippen LogP contribution in [0.15, 0.2) is 53.4 Å². The number of halogens is 5. The fraction of sp³-hybridized carbons (Fsp3) is 0.278. The van der Waals surface area contributed by atoms with Gasteiger partial charge in [0.05, 0.1) is 17.8 Å². The minimum Gasteiger partial charge on any atom is -0.324 e. The third kappa shape index (κ3) is 6.84. The van der Waals surface area contributed by atoms with E-state index in [2.05, 4.69) is 5.32 Å². The lowest BCUT2D eigenvalue weighted by Gasteiger charge is -2.17. The highest BCUT2D eigenvalue weighted by Crippen LogP contribution is 2.31. The van der Waals surface area contributed by atoms with Crippen molar-refractivity contribution < 1.29 is 26.7 Å². The van der Waals surface area contributed by atoms with Gasteiger partial charge in [-0.2, -0.15) is 22.0 Å². The number of hydrogen-bond acceptors (Lipinski definition) is 3. The normalized spacial score (nSPS) is 11.9. The molecule has 3 nitrogen and oxygen atoms in total. The number of thioether (sulfide) groups is 1. The number of anilines is 1. The number of alkyl halides is 5. The van der Waals surface area contributed by atoms with E-state index in [9.17, 15) is 26.7 Å². The summed E-state index contributed by atoms with van der Waals surface area (Å²) in [7, 11) is 1.64. The van der Waals surface area contributed by atoms with Gasteiger partial charge in [0, 0.05) is 11.4 Å². The summed E-state index contributed by atoms with van der Waals surface area (Å²) >= 11 is 0.338. The second-order valence-corrected chi connectivity index (χ2v) is 6.82. The number of benzene rings is 2. The van der Waals surface area contributed by atoms with Gasteiger partial charge >= 0.3 is 6.18 Å². The Kier molecular flexibility index (Phi) is 7.20. The topological polar surface area (TPSA) is 32.3 Å². The Labute approximate surface area is 157 Å². The van der Waals surface area contributed by atoms with E-state index in [1.54, 1.807) is 24.1 Å². The molecule has 2 rings (SSSR count). The fourth-order valence-corrected chi connectivity index (χ4v) is 2.97. The third-order valence-electron chi connectivity index (χ3n) is 3.52. The van der Waals surface area contributed by atoms with Gasteiger partial charge in [0.2, 0.25) is 5.91 Å². The average molecular weight is 404 g/mol. The van der Waals surface area contributed by atoms with Crippen LogP contribution in [-0.2, 0) is 17.5 Å². The Morgan fingerprint density at radius 1 is 1.11 bits per heavy atom. The minimum atomic E-state index is -4.39. The number of nitrogens with one attached hydrogen (secondary N) is 1. The van der Waals surface area contributed by atoms with Gasteiger partial charge in [-0.1, -0.05) is 36.0 Å². The number of carbonyl (C=O) groups is 1. The Morgan fingerprint density at radius 2 is 1.74 bits per heavy atom. The first kappa shape index (κ1) is 21.2. The monoisotopic (exact) mass is 404 g/mol. The summed E-state index contributed by atoms with van der Waals surface area (Å²) in [6, 6.07) is 10.9. The molecule has 1 amide bonds. The van der Waals surface area contributed by atoms with E-state index >= 15 is 0 Å². The Morgan fingerprint density at radius 3 is 2.33 bits per heavy atom. The molecule has 0 heterocycles. The molecule has 0 aliphatic carbocycles. The zero-order chi connectivity index (χ0) is 20.0. The minimum absolute atomic E-state index is 0.0469. The van der Waals surface area contributed by atoms with Crippen LogP contribution >= 0.6 is 11.8 Å². The Hall–Kier alpha value is -2.13. The summed E-state index contributed by atoms with van der Waals surface area (Å²) in [5, 5.41) is 2.58. The molecule has 0 spiro atoms. The highest BCUT2D eigenvalue weighted by atomic mass is 32.2. The van der Waals surface area contributed by atoms with Crippen LogP contribution < -0.4 is 5.32 Å². The van der Waals surface area contributed by atoms with Crippen LogP contribution in [0.25, 0.3) is 0 Å². The van der Waals surface area contributed by atoms with Crippen molar-refractivity contribution in [2.45, 2.75) is 23.4 Å². The molecule has 0 atom stereocenters. The summed E-state index contributed by atoms with van der Waals surface area (Å²) < 4.78 is 62.8. The molecule has 0 bridgehead atoms. The van der Waals surface area contributed by atoms with E-state index < -0.39 is 23.4 Å². The molecular formula is C18H17F5N2OS. The van der Waals surface area contributed by atoms with E-state index in [0.29, 0.717) is 17.3 Å². The van der Waals surface area contributed by atoms with Crippen molar-refractivity contribution in [1.82, 2.24) is 4.90 Å². The van der Waals surface area contributed by atoms with Crippen LogP contribution in [0.5, 0.6) is 0 Å². The van der Waals surface area contributed by atoms with Crippen LogP contribution in [-0.4, -0.2) is 30.2 Å². The van der Waals surface area contributed by atoms with E-state index in [4.69, 9.17) is 0 Å². The quantitative estimate of drug-likeness (QED) is 0.515. The van der Waals surface area contributed by atoms with Crippen molar-refractivity contribution in [3.05, 3.63) is 59.7 Å². The third-order valence-corrected chi connectivity index (χ3v) is 4.31. The van der Waals surface area contributed by atoms with Crippen LogP contribution in [0, 0.1) is 0 Å². The second kappa shape index (κ2) is 9.18. The number of likely N-dealkylation sites (N-methyl/N-ethyl adjacent to an activating group) is 1. The predicted octanol–water partition coefficient (Wildman–Crippen LogP) is 5.09. The molecule has 0 aliphatic heterocycles. The van der Waals surface area contributed by atoms with E-state index in [0.717, 1.165) is 12.1 Å². The van der Waals surface area contributed by atoms with Crippen molar-refractivity contribution in [2.24, 2.45) is 0 Å². The molecule has 0 saturated carbocycles. The predicted molar refractivity (Wildman–Crippen MR) is 94.7 cm³/mol. The lowest BCUT2D eigenvalue weighted by atomic mass is 10.1. The SMILES string of the molecule is CN(CC(=O)Nc1ccccc1SC(F)F)Cc1ccc(C(F)(F)F)cc1. The maximum absolute atomic E-state index is 12.6. The van der Waals surface area contributed by atoms with Gasteiger partial charge in [0.25, 0.3) is 5.76 Å². The largest absolute Gasteiger partial charge is 0.416 e. The molecule has 146 valence electrons. The molecule has 0 saturated heterocycles. The lowest BCUT2D eigenvalue weighted by Crippen LogP contribution is -2.30. The van der Waals surface area contributed by atoms with Gasteiger partial charge in [0.1, 0.15) is 0 Å². The number of rotatable bonds is 7. The summed E-state index contributed by atoms with van der Waals surface area (Å²) in [5.41, 5.74) is 0.169. The molecule has 0 aromatic heterocycles. The first-order valence-electron chi connectivity index (χ1n) is 7.83. The first-order chi connectivity index (χ1) is 12.6. The maximum atomic E-state index is 12.6. The first-order valence-corrected chi connectivity index (χ1v) is 8.71. The van der Waals surface area contributed by atoms with Crippen molar-refractivity contribution in [3.63, 3.8) is 0 Å². The molecule has 2 aromatic rings. The van der Waals surface area contributed by atoms with Crippen molar-refractivity contribution in [1.29, 1.82) is 0 Å². The number of amides is 1. The summed E-state index contributed by atoms with van der Waals surface area (Å²) in [5.74, 6) is -3.02. The van der Waals surface area contributed by atoms with Gasteiger partial charge in [-0.15, -0.1) is 0 Å². The Bertz CT molecular complexity index is 765. The molecule has 0 unspecified atom stereocenters. The number of hydrogen-bond donors (Lipinski definition) is 1. The van der Waals surface area contributed by atoms with Crippen LogP contribution in [0.3, 0.4) is 0 Å². The summed E-state index contributed by atoms with van der Waals surface area (Å²) in [6.45, 7) is 0.216. The highest BCUT2D eigenvalue weighted by Gasteiger charge is 2.29. The number of nitrogens with zero attached hydrogens (tertiary/aromatic N) is 1. The van der Waals surface area contributed by atoms with Gasteiger partial charge < -0.3 is 5.32 Å². The Balaban J connectivity index is 1.92. The lowest BCUT2D eigenvalue weighted by molar-refractivity contribution is -0.137. The van der Waals surface area contributed by atoms with Crippen LogP contribution in [0.1, 0.15) is 11.1 Å². The van der Waals surface area contributed by atoms with Gasteiger partial charge in [0.15, 0.2) is 0 Å². The smallest absolute Gasteiger partial charge is 0.324 e. The van der Waals surface area contributed by atoms with E-state index in [1.807, 2.05) is 0 Å². The molecular weight excluding hydrogens is 387 g/mol. The number of para-hydroxylation sites is 1. The highest BCUT2D eigenvalue weighted by molar-refractivity contribution is 7.99. The fourth-order valence-electron chi connectivity index (χ4n) is 2.37. The van der Waals surface area contributed by atoms with Gasteiger partial charge in [-0.05, 0) is 36.9 Å². The average Bonchev–Trinajstić information content (AvgIpc) is 2.55. The number of carbonyl (C=O) groups excluding carboxylic acids is 1. The molecule has 27 heavy (non-hydrogen) atoms.